The summed E-state index contributed by atoms with van der Waals surface area (Å²) in [4.78, 5) is 26.2. The number of rotatable bonds is 7. The molecule has 1 N–H and O–H groups in total. The van der Waals surface area contributed by atoms with Gasteiger partial charge in [0.15, 0.2) is 0 Å². The largest absolute Gasteiger partial charge is 0.350 e. The number of aryl methyl sites for hydroxylation is 1. The first-order valence-electron chi connectivity index (χ1n) is 9.87. The maximum Gasteiger partial charge on any atom is 0.241 e. The molecule has 2 aromatic carbocycles. The number of sulfonamides is 1. The Labute approximate surface area is 177 Å². The highest BCUT2D eigenvalue weighted by Gasteiger charge is 2.23. The van der Waals surface area contributed by atoms with E-state index in [2.05, 4.69) is 5.32 Å². The molecule has 160 valence electrons. The van der Waals surface area contributed by atoms with Gasteiger partial charge in [0.05, 0.1) is 11.9 Å². The van der Waals surface area contributed by atoms with E-state index in [-0.39, 0.29) is 19.0 Å². The van der Waals surface area contributed by atoms with Gasteiger partial charge in [-0.05, 0) is 55.2 Å². The first kappa shape index (κ1) is 21.8. The number of nitrogens with zero attached hydrogens (tertiary/aromatic N) is 2. The van der Waals surface area contributed by atoms with E-state index in [1.807, 2.05) is 44.2 Å². The molecule has 0 aliphatic carbocycles. The maximum absolute atomic E-state index is 12.6. The molecule has 1 aliphatic heterocycles. The molecular formula is C22H27N3O4S. The van der Waals surface area contributed by atoms with Gasteiger partial charge < -0.3 is 10.2 Å². The van der Waals surface area contributed by atoms with Gasteiger partial charge in [-0.3, -0.25) is 13.9 Å². The Morgan fingerprint density at radius 1 is 1.17 bits per heavy atom. The van der Waals surface area contributed by atoms with Gasteiger partial charge in [0.1, 0.15) is 6.54 Å². The molecule has 1 saturated heterocycles. The van der Waals surface area contributed by atoms with Crippen LogP contribution in [0.25, 0.3) is 0 Å². The Balaban J connectivity index is 1.70. The van der Waals surface area contributed by atoms with Crippen LogP contribution in [0.5, 0.6) is 0 Å². The molecule has 0 bridgehead atoms. The van der Waals surface area contributed by atoms with Gasteiger partial charge in [-0.2, -0.15) is 0 Å². The number of benzene rings is 2. The first-order chi connectivity index (χ1) is 14.2. The summed E-state index contributed by atoms with van der Waals surface area (Å²) in [5, 5.41) is 2.79. The lowest BCUT2D eigenvalue weighted by atomic mass is 10.1. The van der Waals surface area contributed by atoms with Crippen LogP contribution >= 0.6 is 0 Å². The maximum atomic E-state index is 12.6. The van der Waals surface area contributed by atoms with Crippen molar-refractivity contribution in [3.63, 3.8) is 0 Å². The number of amides is 2. The van der Waals surface area contributed by atoms with E-state index in [9.17, 15) is 18.0 Å². The summed E-state index contributed by atoms with van der Waals surface area (Å²) in [6, 6.07) is 12.8. The number of hydrogen-bond acceptors (Lipinski definition) is 4. The molecule has 2 amide bonds. The first-order valence-corrected chi connectivity index (χ1v) is 11.7. The van der Waals surface area contributed by atoms with Gasteiger partial charge in [0, 0.05) is 25.2 Å². The van der Waals surface area contributed by atoms with Gasteiger partial charge in [-0.1, -0.05) is 24.3 Å². The Morgan fingerprint density at radius 3 is 2.57 bits per heavy atom. The van der Waals surface area contributed by atoms with Crippen LogP contribution in [0.1, 0.15) is 29.5 Å². The minimum Gasteiger partial charge on any atom is -0.350 e. The molecule has 3 rings (SSSR count). The molecule has 30 heavy (non-hydrogen) atoms. The quantitative estimate of drug-likeness (QED) is 0.733. The van der Waals surface area contributed by atoms with E-state index in [0.717, 1.165) is 39.4 Å². The molecule has 7 nitrogen and oxygen atoms in total. The SMILES string of the molecule is Cc1cccc(N(CC(=O)NCc2cccc(N3CCCC3=O)c2)S(C)(=O)=O)c1C. The molecule has 1 fully saturated rings. The topological polar surface area (TPSA) is 86.8 Å². The molecule has 0 saturated carbocycles. The van der Waals surface area contributed by atoms with Crippen molar-refractivity contribution in [2.75, 3.05) is 28.6 Å². The Kier molecular flexibility index (Phi) is 6.45. The molecule has 0 atom stereocenters. The number of hydrogen-bond donors (Lipinski definition) is 1. The standard InChI is InChI=1S/C22H27N3O4S/c1-16-7-4-10-20(17(16)2)25(30(3,28)29)15-21(26)23-14-18-8-5-9-19(13-18)24-12-6-11-22(24)27/h4-5,7-10,13H,6,11-12,14-15H2,1-3H3,(H,23,26). The van der Waals surface area contributed by atoms with Gasteiger partial charge in [-0.25, -0.2) is 8.42 Å². The number of carbonyl (C=O) groups excluding carboxylic acids is 2. The summed E-state index contributed by atoms with van der Waals surface area (Å²) in [7, 11) is -3.63. The average molecular weight is 430 g/mol. The van der Waals surface area contributed by atoms with Crippen LogP contribution in [0.3, 0.4) is 0 Å². The van der Waals surface area contributed by atoms with Crippen LogP contribution in [0, 0.1) is 13.8 Å². The zero-order valence-electron chi connectivity index (χ0n) is 17.5. The minimum atomic E-state index is -3.63. The van der Waals surface area contributed by atoms with Crippen LogP contribution in [0.15, 0.2) is 42.5 Å². The lowest BCUT2D eigenvalue weighted by molar-refractivity contribution is -0.120. The molecule has 1 heterocycles. The normalized spacial score (nSPS) is 14.1. The van der Waals surface area contributed by atoms with Crippen molar-refractivity contribution in [1.82, 2.24) is 5.32 Å². The fourth-order valence-electron chi connectivity index (χ4n) is 3.53. The van der Waals surface area contributed by atoms with E-state index in [0.29, 0.717) is 18.7 Å². The zero-order chi connectivity index (χ0) is 21.9. The Hall–Kier alpha value is -2.87. The van der Waals surface area contributed by atoms with Crippen molar-refractivity contribution in [2.24, 2.45) is 0 Å². The highest BCUT2D eigenvalue weighted by molar-refractivity contribution is 7.92. The molecule has 0 radical (unpaired) electrons. The van der Waals surface area contributed by atoms with E-state index in [4.69, 9.17) is 0 Å². The predicted molar refractivity (Wildman–Crippen MR) is 118 cm³/mol. The van der Waals surface area contributed by atoms with Gasteiger partial charge in [-0.15, -0.1) is 0 Å². The average Bonchev–Trinajstić information content (AvgIpc) is 3.12. The van der Waals surface area contributed by atoms with Crippen LogP contribution in [0.2, 0.25) is 0 Å². The Bertz CT molecular complexity index is 1070. The highest BCUT2D eigenvalue weighted by Crippen LogP contribution is 2.25. The molecule has 0 spiro atoms. The summed E-state index contributed by atoms with van der Waals surface area (Å²) >= 11 is 0. The predicted octanol–water partition coefficient (Wildman–Crippen LogP) is 2.51. The summed E-state index contributed by atoms with van der Waals surface area (Å²) in [5.41, 5.74) is 3.94. The monoisotopic (exact) mass is 429 g/mol. The smallest absolute Gasteiger partial charge is 0.241 e. The van der Waals surface area contributed by atoms with Crippen molar-refractivity contribution >= 4 is 33.2 Å². The molecular weight excluding hydrogens is 402 g/mol. The number of nitrogens with one attached hydrogen (secondary N) is 1. The molecule has 8 heteroatoms. The fraction of sp³-hybridized carbons (Fsp3) is 0.364. The summed E-state index contributed by atoms with van der Waals surface area (Å²) < 4.78 is 25.8. The highest BCUT2D eigenvalue weighted by atomic mass is 32.2. The summed E-state index contributed by atoms with van der Waals surface area (Å²) in [6.07, 6.45) is 2.50. The lowest BCUT2D eigenvalue weighted by Crippen LogP contribution is -2.40. The van der Waals surface area contributed by atoms with Crippen molar-refractivity contribution in [3.8, 4) is 0 Å². The zero-order valence-corrected chi connectivity index (χ0v) is 18.3. The van der Waals surface area contributed by atoms with Crippen molar-refractivity contribution < 1.29 is 18.0 Å². The van der Waals surface area contributed by atoms with E-state index >= 15 is 0 Å². The van der Waals surface area contributed by atoms with Crippen molar-refractivity contribution in [1.29, 1.82) is 0 Å². The van der Waals surface area contributed by atoms with Crippen LogP contribution < -0.4 is 14.5 Å². The van der Waals surface area contributed by atoms with E-state index in [1.54, 1.807) is 17.0 Å². The third-order valence-corrected chi connectivity index (χ3v) is 6.44. The van der Waals surface area contributed by atoms with Gasteiger partial charge >= 0.3 is 0 Å². The number of anilines is 2. The van der Waals surface area contributed by atoms with Gasteiger partial charge in [0.2, 0.25) is 21.8 Å². The van der Waals surface area contributed by atoms with E-state index in [1.165, 1.54) is 0 Å². The number of carbonyl (C=O) groups is 2. The molecule has 1 aliphatic rings. The second kappa shape index (κ2) is 8.87. The van der Waals surface area contributed by atoms with Crippen molar-refractivity contribution in [2.45, 2.75) is 33.2 Å². The fourth-order valence-corrected chi connectivity index (χ4v) is 4.44. The molecule has 2 aromatic rings. The minimum absolute atomic E-state index is 0.105. The second-order valence-corrected chi connectivity index (χ2v) is 9.49. The van der Waals surface area contributed by atoms with Crippen LogP contribution in [-0.2, 0) is 26.2 Å². The van der Waals surface area contributed by atoms with Crippen LogP contribution in [0.4, 0.5) is 11.4 Å². The summed E-state index contributed by atoms with van der Waals surface area (Å²) in [6.45, 7) is 4.39. The molecule has 0 unspecified atom stereocenters. The van der Waals surface area contributed by atoms with Crippen LogP contribution in [-0.4, -0.2) is 39.6 Å². The Morgan fingerprint density at radius 2 is 1.90 bits per heavy atom. The third-order valence-electron chi connectivity index (χ3n) is 5.32. The lowest BCUT2D eigenvalue weighted by Gasteiger charge is -2.24. The third kappa shape index (κ3) is 4.99. The second-order valence-electron chi connectivity index (χ2n) is 7.58. The van der Waals surface area contributed by atoms with Crippen molar-refractivity contribution in [3.05, 3.63) is 59.2 Å². The molecule has 0 aromatic heterocycles. The summed E-state index contributed by atoms with van der Waals surface area (Å²) in [5.74, 6) is -0.294. The van der Waals surface area contributed by atoms with Gasteiger partial charge in [0.25, 0.3) is 0 Å². The van der Waals surface area contributed by atoms with E-state index < -0.39 is 15.9 Å².